The average Bonchev–Trinajstić information content (AvgIpc) is 2.81. The van der Waals surface area contributed by atoms with Gasteiger partial charge in [-0.15, -0.1) is 11.3 Å². The molecule has 0 amide bonds. The Bertz CT molecular complexity index is 623. The lowest BCUT2D eigenvalue weighted by Crippen LogP contribution is -2.71. The minimum atomic E-state index is 0.503. The Labute approximate surface area is 124 Å². The van der Waals surface area contributed by atoms with E-state index >= 15 is 0 Å². The maximum Gasteiger partial charge on any atom is 0.182 e. The van der Waals surface area contributed by atoms with Gasteiger partial charge in [-0.3, -0.25) is 0 Å². The summed E-state index contributed by atoms with van der Waals surface area (Å²) in [5.74, 6) is 0. The number of nitrogens with zero attached hydrogens (tertiary/aromatic N) is 2. The van der Waals surface area contributed by atoms with Gasteiger partial charge in [0.1, 0.15) is 10.7 Å². The molecule has 0 aliphatic carbocycles. The van der Waals surface area contributed by atoms with E-state index in [4.69, 9.17) is 17.3 Å². The van der Waals surface area contributed by atoms with E-state index in [1.54, 1.807) is 22.7 Å². The highest BCUT2D eigenvalue weighted by Crippen LogP contribution is 2.46. The van der Waals surface area contributed by atoms with Crippen molar-refractivity contribution < 1.29 is 0 Å². The number of nitrogens with one attached hydrogen (secondary N) is 1. The Kier molecular flexibility index (Phi) is 2.57. The van der Waals surface area contributed by atoms with Crippen LogP contribution in [0.15, 0.2) is 11.4 Å². The largest absolute Gasteiger partial charge is 0.375 e. The van der Waals surface area contributed by atoms with Gasteiger partial charge >= 0.3 is 0 Å². The molecule has 1 spiro atoms. The third kappa shape index (κ3) is 1.86. The van der Waals surface area contributed by atoms with Crippen LogP contribution in [0.5, 0.6) is 0 Å². The first-order valence-corrected chi connectivity index (χ1v) is 8.19. The highest BCUT2D eigenvalue weighted by Gasteiger charge is 2.48. The van der Waals surface area contributed by atoms with Crippen LogP contribution in [0, 0.1) is 5.41 Å². The van der Waals surface area contributed by atoms with Crippen molar-refractivity contribution in [2.24, 2.45) is 5.41 Å². The van der Waals surface area contributed by atoms with Crippen molar-refractivity contribution in [2.75, 3.05) is 36.8 Å². The van der Waals surface area contributed by atoms with Crippen LogP contribution in [0.4, 0.5) is 10.1 Å². The fourth-order valence-electron chi connectivity index (χ4n) is 2.75. The minimum absolute atomic E-state index is 0.503. The predicted molar refractivity (Wildman–Crippen MR) is 82.4 cm³/mol. The number of thiophene rings is 1. The summed E-state index contributed by atoms with van der Waals surface area (Å²) in [6, 6.07) is 1.96. The fraction of sp³-hybridized carbons (Fsp3) is 0.417. The Balaban J connectivity index is 1.65. The Hall–Kier alpha value is -0.820. The molecule has 0 unspecified atom stereocenters. The molecule has 2 saturated heterocycles. The van der Waals surface area contributed by atoms with E-state index in [1.807, 2.05) is 11.4 Å². The van der Waals surface area contributed by atoms with Gasteiger partial charge in [-0.2, -0.15) is 0 Å². The molecule has 2 aromatic heterocycles. The summed E-state index contributed by atoms with van der Waals surface area (Å²) in [4.78, 5) is 7.96. The zero-order valence-electron chi connectivity index (χ0n) is 10.1. The van der Waals surface area contributed by atoms with E-state index in [2.05, 4.69) is 15.2 Å². The lowest BCUT2D eigenvalue weighted by atomic mass is 9.74. The van der Waals surface area contributed by atoms with Gasteiger partial charge in [0.05, 0.1) is 9.90 Å². The van der Waals surface area contributed by atoms with Gasteiger partial charge < -0.3 is 16.0 Å². The third-order valence-electron chi connectivity index (χ3n) is 3.77. The van der Waals surface area contributed by atoms with Crippen LogP contribution in [-0.2, 0) is 0 Å². The van der Waals surface area contributed by atoms with Gasteiger partial charge in [0.25, 0.3) is 0 Å². The zero-order chi connectivity index (χ0) is 13.0. The van der Waals surface area contributed by atoms with Crippen molar-refractivity contribution in [2.45, 2.75) is 0 Å². The Morgan fingerprint density at radius 3 is 2.79 bits per heavy atom. The third-order valence-corrected chi connectivity index (χ3v) is 6.00. The molecule has 0 bridgehead atoms. The molecule has 0 atom stereocenters. The number of nitrogen functional groups attached to an aromatic ring is 1. The number of hydrogen-bond donors (Lipinski definition) is 2. The zero-order valence-corrected chi connectivity index (χ0v) is 12.5. The number of halogens is 1. The van der Waals surface area contributed by atoms with Crippen LogP contribution in [-0.4, -0.2) is 31.2 Å². The number of aromatic nitrogens is 1. The summed E-state index contributed by atoms with van der Waals surface area (Å²) in [6.07, 6.45) is 0. The lowest BCUT2D eigenvalue weighted by molar-refractivity contribution is 0.122. The molecule has 2 aromatic rings. The molecule has 4 heterocycles. The van der Waals surface area contributed by atoms with Crippen LogP contribution in [0.2, 0.25) is 5.02 Å². The highest BCUT2D eigenvalue weighted by molar-refractivity contribution is 7.20. The van der Waals surface area contributed by atoms with Crippen molar-refractivity contribution in [1.29, 1.82) is 0 Å². The predicted octanol–water partition coefficient (Wildman–Crippen LogP) is 2.52. The highest BCUT2D eigenvalue weighted by atomic mass is 35.5. The Morgan fingerprint density at radius 2 is 2.21 bits per heavy atom. The van der Waals surface area contributed by atoms with Crippen LogP contribution in [0.3, 0.4) is 0 Å². The Morgan fingerprint density at radius 1 is 1.42 bits per heavy atom. The molecule has 0 saturated carbocycles. The summed E-state index contributed by atoms with van der Waals surface area (Å²) in [6.45, 7) is 4.48. The first-order valence-electron chi connectivity index (χ1n) is 6.12. The number of hydrogen-bond acceptors (Lipinski definition) is 6. The SMILES string of the molecule is Nc1nc(-c2cc(Cl)cs2)c(N2CC3(CNC3)C2)s1. The number of rotatable bonds is 2. The average molecular weight is 313 g/mol. The molecule has 0 aromatic carbocycles. The molecule has 2 aliphatic heterocycles. The molecule has 4 rings (SSSR count). The van der Waals surface area contributed by atoms with E-state index in [0.717, 1.165) is 41.8 Å². The van der Waals surface area contributed by atoms with Gasteiger partial charge in [0.15, 0.2) is 5.13 Å². The quantitative estimate of drug-likeness (QED) is 0.894. The van der Waals surface area contributed by atoms with E-state index in [9.17, 15) is 0 Å². The molecule has 19 heavy (non-hydrogen) atoms. The number of nitrogens with two attached hydrogens (primary N) is 1. The van der Waals surface area contributed by atoms with E-state index in [-0.39, 0.29) is 0 Å². The summed E-state index contributed by atoms with van der Waals surface area (Å²) in [7, 11) is 0. The standard InChI is InChI=1S/C12H13ClN4S2/c13-7-1-8(18-2-7)9-10(19-11(14)16-9)17-5-12(6-17)3-15-4-12/h1-2,15H,3-6H2,(H2,14,16). The summed E-state index contributed by atoms with van der Waals surface area (Å²) < 4.78 is 0. The van der Waals surface area contributed by atoms with Gasteiger partial charge in [0, 0.05) is 37.0 Å². The smallest absolute Gasteiger partial charge is 0.182 e. The molecular weight excluding hydrogens is 300 g/mol. The summed E-state index contributed by atoms with van der Waals surface area (Å²) in [5, 5.41) is 7.87. The van der Waals surface area contributed by atoms with Crippen LogP contribution < -0.4 is 16.0 Å². The molecule has 7 heteroatoms. The molecular formula is C12H13ClN4S2. The molecule has 2 fully saturated rings. The van der Waals surface area contributed by atoms with Crippen molar-refractivity contribution in [3.63, 3.8) is 0 Å². The lowest BCUT2D eigenvalue weighted by Gasteiger charge is -2.56. The van der Waals surface area contributed by atoms with Gasteiger partial charge in [0.2, 0.25) is 0 Å². The second-order valence-electron chi connectivity index (χ2n) is 5.29. The fourth-order valence-corrected chi connectivity index (χ4v) is 4.72. The monoisotopic (exact) mass is 312 g/mol. The van der Waals surface area contributed by atoms with Crippen molar-refractivity contribution in [3.8, 4) is 10.6 Å². The van der Waals surface area contributed by atoms with Crippen LogP contribution in [0.1, 0.15) is 0 Å². The van der Waals surface area contributed by atoms with E-state index < -0.39 is 0 Å². The normalized spacial score (nSPS) is 20.4. The van der Waals surface area contributed by atoms with Crippen molar-refractivity contribution in [1.82, 2.24) is 10.3 Å². The minimum Gasteiger partial charge on any atom is -0.375 e. The van der Waals surface area contributed by atoms with E-state index in [0.29, 0.717) is 10.5 Å². The maximum atomic E-state index is 6.01. The molecule has 0 radical (unpaired) electrons. The second kappa shape index (κ2) is 4.09. The van der Waals surface area contributed by atoms with Gasteiger partial charge in [-0.05, 0) is 6.07 Å². The van der Waals surface area contributed by atoms with Crippen molar-refractivity contribution in [3.05, 3.63) is 16.5 Å². The summed E-state index contributed by atoms with van der Waals surface area (Å²) in [5.41, 5.74) is 7.38. The number of anilines is 2. The van der Waals surface area contributed by atoms with Crippen LogP contribution in [0.25, 0.3) is 10.6 Å². The maximum absolute atomic E-state index is 6.01. The first-order chi connectivity index (χ1) is 9.15. The first kappa shape index (κ1) is 12.0. The summed E-state index contributed by atoms with van der Waals surface area (Å²) >= 11 is 9.20. The molecule has 100 valence electrons. The van der Waals surface area contributed by atoms with Crippen LogP contribution >= 0.6 is 34.3 Å². The molecule has 3 N–H and O–H groups in total. The molecule has 4 nitrogen and oxygen atoms in total. The van der Waals surface area contributed by atoms with Crippen molar-refractivity contribution >= 4 is 44.4 Å². The molecule has 2 aliphatic rings. The van der Waals surface area contributed by atoms with E-state index in [1.165, 1.54) is 5.00 Å². The number of thiazole rings is 1. The van der Waals surface area contributed by atoms with Gasteiger partial charge in [-0.25, -0.2) is 4.98 Å². The van der Waals surface area contributed by atoms with Gasteiger partial charge in [-0.1, -0.05) is 22.9 Å². The topological polar surface area (TPSA) is 54.2 Å². The second-order valence-corrected chi connectivity index (χ2v) is 7.65.